The second kappa shape index (κ2) is 4.44. The van der Waals surface area contributed by atoms with Gasteiger partial charge in [-0.1, -0.05) is 18.6 Å². The van der Waals surface area contributed by atoms with E-state index in [1.54, 1.807) is 6.20 Å². The number of nitrogens with zero attached hydrogens (tertiary/aromatic N) is 1. The summed E-state index contributed by atoms with van der Waals surface area (Å²) in [5, 5.41) is 9.62. The summed E-state index contributed by atoms with van der Waals surface area (Å²) in [6, 6.07) is 0. The van der Waals surface area contributed by atoms with Gasteiger partial charge in [-0.05, 0) is 19.8 Å². The number of amides is 1. The van der Waals surface area contributed by atoms with Crippen molar-refractivity contribution in [3.05, 3.63) is 17.5 Å². The summed E-state index contributed by atoms with van der Waals surface area (Å²) < 4.78 is 0. The van der Waals surface area contributed by atoms with E-state index in [1.807, 2.05) is 6.92 Å². The summed E-state index contributed by atoms with van der Waals surface area (Å²) in [6.45, 7) is 2.38. The molecule has 1 fully saturated rings. The van der Waals surface area contributed by atoms with Crippen molar-refractivity contribution in [3.8, 4) is 0 Å². The number of aromatic nitrogens is 2. The highest BCUT2D eigenvalue weighted by Gasteiger charge is 2.46. The molecule has 1 heterocycles. The van der Waals surface area contributed by atoms with Crippen molar-refractivity contribution in [2.24, 2.45) is 11.1 Å². The number of rotatable bonds is 4. The number of aromatic amines is 1. The van der Waals surface area contributed by atoms with E-state index >= 15 is 0 Å². The van der Waals surface area contributed by atoms with Gasteiger partial charge in [-0.25, -0.2) is 0 Å². The minimum absolute atomic E-state index is 0.0585. The molecule has 0 spiro atoms. The van der Waals surface area contributed by atoms with E-state index in [0.29, 0.717) is 11.5 Å². The van der Waals surface area contributed by atoms with E-state index in [4.69, 9.17) is 18.0 Å². The number of aryl methyl sites for hydroxylation is 1. The van der Waals surface area contributed by atoms with Crippen LogP contribution < -0.4 is 11.1 Å². The normalized spacial score (nSPS) is 17.2. The van der Waals surface area contributed by atoms with Crippen LogP contribution in [0.2, 0.25) is 0 Å². The summed E-state index contributed by atoms with van der Waals surface area (Å²) in [7, 11) is 0. The molecule has 4 N–H and O–H groups in total. The largest absolute Gasteiger partial charge is 0.392 e. The van der Waals surface area contributed by atoms with Gasteiger partial charge in [0, 0.05) is 17.8 Å². The Hall–Kier alpha value is -1.43. The lowest BCUT2D eigenvalue weighted by Gasteiger charge is -2.39. The zero-order chi connectivity index (χ0) is 12.5. The highest BCUT2D eigenvalue weighted by atomic mass is 32.1. The molecule has 0 unspecified atom stereocenters. The quantitative estimate of drug-likeness (QED) is 0.692. The first-order valence-corrected chi connectivity index (χ1v) is 6.04. The third-order valence-corrected chi connectivity index (χ3v) is 3.88. The first-order chi connectivity index (χ1) is 8.06. The average Bonchev–Trinajstić information content (AvgIpc) is 2.58. The summed E-state index contributed by atoms with van der Waals surface area (Å²) >= 11 is 5.00. The van der Waals surface area contributed by atoms with Crippen LogP contribution in [-0.4, -0.2) is 21.1 Å². The van der Waals surface area contributed by atoms with E-state index < -0.39 is 5.41 Å². The lowest BCUT2D eigenvalue weighted by Crippen LogP contribution is -2.52. The molecule has 0 aromatic carbocycles. The van der Waals surface area contributed by atoms with E-state index in [9.17, 15) is 4.79 Å². The predicted octanol–water partition coefficient (Wildman–Crippen LogP) is 0.791. The van der Waals surface area contributed by atoms with Gasteiger partial charge < -0.3 is 11.1 Å². The third-order valence-electron chi connectivity index (χ3n) is 3.49. The standard InChI is InChI=1S/C11H16N4OS/c1-7-8(6-14-15-7)5-13-10(16)11(9(12)17)3-2-4-11/h6H,2-5H2,1H3,(H2,12,17)(H,13,16)(H,14,15). The molecule has 17 heavy (non-hydrogen) atoms. The van der Waals surface area contributed by atoms with Crippen LogP contribution in [0.1, 0.15) is 30.5 Å². The maximum Gasteiger partial charge on any atom is 0.233 e. The molecule has 0 saturated heterocycles. The first-order valence-electron chi connectivity index (χ1n) is 5.63. The Morgan fingerprint density at radius 3 is 2.82 bits per heavy atom. The smallest absolute Gasteiger partial charge is 0.233 e. The van der Waals surface area contributed by atoms with Gasteiger partial charge in [0.05, 0.1) is 16.6 Å². The Labute approximate surface area is 105 Å². The first kappa shape index (κ1) is 12.0. The average molecular weight is 252 g/mol. The Kier molecular flexibility index (Phi) is 3.15. The lowest BCUT2D eigenvalue weighted by molar-refractivity contribution is -0.131. The van der Waals surface area contributed by atoms with Crippen molar-refractivity contribution in [1.82, 2.24) is 15.5 Å². The van der Waals surface area contributed by atoms with Crippen molar-refractivity contribution < 1.29 is 4.79 Å². The Bertz CT molecular complexity index is 450. The number of H-pyrrole nitrogens is 1. The minimum Gasteiger partial charge on any atom is -0.392 e. The molecular weight excluding hydrogens is 236 g/mol. The summed E-state index contributed by atoms with van der Waals surface area (Å²) in [4.78, 5) is 12.4. The second-order valence-electron chi connectivity index (χ2n) is 4.50. The molecule has 1 aliphatic rings. The molecule has 0 aliphatic heterocycles. The summed E-state index contributed by atoms with van der Waals surface area (Å²) in [5.74, 6) is -0.0585. The molecule has 5 nitrogen and oxygen atoms in total. The fraction of sp³-hybridized carbons (Fsp3) is 0.545. The number of carbonyl (C=O) groups is 1. The van der Waals surface area contributed by atoms with Crippen LogP contribution in [0.25, 0.3) is 0 Å². The van der Waals surface area contributed by atoms with Crippen LogP contribution >= 0.6 is 12.2 Å². The van der Waals surface area contributed by atoms with Crippen molar-refractivity contribution in [1.29, 1.82) is 0 Å². The van der Waals surface area contributed by atoms with Crippen LogP contribution in [0.15, 0.2) is 6.20 Å². The van der Waals surface area contributed by atoms with E-state index in [0.717, 1.165) is 30.5 Å². The van der Waals surface area contributed by atoms with Crippen LogP contribution in [0.5, 0.6) is 0 Å². The Morgan fingerprint density at radius 2 is 2.41 bits per heavy atom. The predicted molar refractivity (Wildman–Crippen MR) is 68.2 cm³/mol. The molecule has 6 heteroatoms. The molecule has 0 bridgehead atoms. The van der Waals surface area contributed by atoms with Gasteiger partial charge in [0.25, 0.3) is 0 Å². The highest BCUT2D eigenvalue weighted by molar-refractivity contribution is 7.80. The van der Waals surface area contributed by atoms with Gasteiger partial charge in [-0.3, -0.25) is 9.89 Å². The van der Waals surface area contributed by atoms with E-state index in [2.05, 4.69) is 15.5 Å². The SMILES string of the molecule is Cc1[nH]ncc1CNC(=O)C1(C(N)=S)CCC1. The lowest BCUT2D eigenvalue weighted by atomic mass is 9.68. The minimum atomic E-state index is -0.604. The van der Waals surface area contributed by atoms with E-state index in [1.165, 1.54) is 0 Å². The number of nitrogens with one attached hydrogen (secondary N) is 2. The molecule has 0 radical (unpaired) electrons. The molecule has 1 amide bonds. The van der Waals surface area contributed by atoms with Crippen molar-refractivity contribution >= 4 is 23.1 Å². The van der Waals surface area contributed by atoms with Crippen molar-refractivity contribution in [3.63, 3.8) is 0 Å². The molecule has 1 aromatic heterocycles. The van der Waals surface area contributed by atoms with Gasteiger partial charge in [0.1, 0.15) is 0 Å². The third kappa shape index (κ3) is 2.04. The number of hydrogen-bond acceptors (Lipinski definition) is 3. The van der Waals surface area contributed by atoms with Gasteiger partial charge in [0.2, 0.25) is 5.91 Å². The molecule has 92 valence electrons. The monoisotopic (exact) mass is 252 g/mol. The highest BCUT2D eigenvalue weighted by Crippen LogP contribution is 2.41. The summed E-state index contributed by atoms with van der Waals surface area (Å²) in [5.41, 5.74) is 7.00. The van der Waals surface area contributed by atoms with Crippen molar-refractivity contribution in [2.75, 3.05) is 0 Å². The number of hydrogen-bond donors (Lipinski definition) is 3. The van der Waals surface area contributed by atoms with Gasteiger partial charge in [0.15, 0.2) is 0 Å². The zero-order valence-electron chi connectivity index (χ0n) is 9.75. The molecule has 0 atom stereocenters. The Balaban J connectivity index is 1.98. The second-order valence-corrected chi connectivity index (χ2v) is 4.94. The maximum atomic E-state index is 12.1. The molecule has 1 aromatic rings. The topological polar surface area (TPSA) is 83.8 Å². The van der Waals surface area contributed by atoms with Crippen LogP contribution in [-0.2, 0) is 11.3 Å². The number of nitrogens with two attached hydrogens (primary N) is 1. The number of carbonyl (C=O) groups excluding carboxylic acids is 1. The zero-order valence-corrected chi connectivity index (χ0v) is 10.6. The van der Waals surface area contributed by atoms with Crippen LogP contribution in [0.4, 0.5) is 0 Å². The van der Waals surface area contributed by atoms with Crippen LogP contribution in [0, 0.1) is 12.3 Å². The van der Waals surface area contributed by atoms with Gasteiger partial charge >= 0.3 is 0 Å². The van der Waals surface area contributed by atoms with E-state index in [-0.39, 0.29) is 5.91 Å². The fourth-order valence-electron chi connectivity index (χ4n) is 2.01. The Morgan fingerprint density at radius 1 is 1.71 bits per heavy atom. The van der Waals surface area contributed by atoms with Gasteiger partial charge in [-0.15, -0.1) is 0 Å². The fourth-order valence-corrected chi connectivity index (χ4v) is 2.31. The number of thiocarbonyl (C=S) groups is 1. The molecule has 1 aliphatic carbocycles. The van der Waals surface area contributed by atoms with Gasteiger partial charge in [-0.2, -0.15) is 5.10 Å². The van der Waals surface area contributed by atoms with Crippen molar-refractivity contribution in [2.45, 2.75) is 32.7 Å². The summed E-state index contributed by atoms with van der Waals surface area (Å²) in [6.07, 6.45) is 4.25. The molecule has 2 rings (SSSR count). The van der Waals surface area contributed by atoms with Crippen LogP contribution in [0.3, 0.4) is 0 Å². The molecule has 1 saturated carbocycles. The maximum absolute atomic E-state index is 12.1. The molecular formula is C11H16N4OS.